The van der Waals surface area contributed by atoms with Gasteiger partial charge in [0.15, 0.2) is 18.9 Å². The highest BCUT2D eigenvalue weighted by atomic mass is 33.1. The quantitative estimate of drug-likeness (QED) is 0.0159. The van der Waals surface area contributed by atoms with Crippen molar-refractivity contribution in [1.82, 2.24) is 81.9 Å². The highest BCUT2D eigenvalue weighted by molar-refractivity contribution is 8.76. The van der Waals surface area contributed by atoms with Gasteiger partial charge < -0.3 is 176 Å². The lowest BCUT2D eigenvalue weighted by Crippen LogP contribution is -2.66. The number of pyridine rings is 1. The summed E-state index contributed by atoms with van der Waals surface area (Å²) in [5.41, 5.74) is -3.61. The van der Waals surface area contributed by atoms with Crippen LogP contribution in [0.1, 0.15) is 121 Å². The molecule has 6 amide bonds. The predicted octanol–water partition coefficient (Wildman–Crippen LogP) is -2.62. The molecule has 826 valence electrons. The first-order valence-electron chi connectivity index (χ1n) is 50.0. The fourth-order valence-corrected chi connectivity index (χ4v) is 18.6. The fraction of sp³-hybridized carbons (Fsp3) is 0.815. The molecule has 6 bridgehead atoms. The summed E-state index contributed by atoms with van der Waals surface area (Å²) >= 11 is 0. The molecule has 54 heteroatoms. The number of carbonyl (C=O) groups is 6. The molecule has 1 unspecified atom stereocenters. The van der Waals surface area contributed by atoms with Crippen molar-refractivity contribution in [2.24, 2.45) is 0 Å². The molecular weight excluding hydrogens is 1970 g/mol. The standard InChI is InChI=1S/C92H150N16O36S2/c1-65(109)95-76-79(115)82(118)90(62-139-85(76)142-90)19-26-121-30-34-125-38-39-126-35-31-122-27-22-106-49-68(100-103-106)52-133-57-89(58-134-53-69-50-107(104-101-69)23-28-123-32-36-127-40-42-129-44-46-131-60-91-63-140-86(143-91)77(96-66(2)110)80(116)83(91)119,59-135-54-70-51-108(105-102-70)24-29-124-33-37-128-41-43-130-45-47-132-61-92-64-141-87(144-92)78(97-67(3)111)81(117)84(92)120)99-74(114)17-7-4-11-20-93-72(112)15-8-5-13-25-136-88-137-55-71(56-138-88)98-73(113)16-9-6-14-48-145-146-75-18-10-12-21-94-75/h10,12,18,21,49-51,71,76-88,115-120H,4-9,11,13-17,19-20,22-48,52-64H2,1-3H3,(H,93,112)(H,95,109)(H,96,110)(H,97,111)(H,98,113)(H,99,114)/t71?,76-,77-,78-,79-,80-,81-,82-,83-,84-,85+,86-,87+,88?,89?,90+,91+,92+/m1/s1. The first-order chi connectivity index (χ1) is 71.0. The molecule has 0 aromatic carbocycles. The highest BCUT2D eigenvalue weighted by Gasteiger charge is 2.62. The molecule has 0 aliphatic carbocycles. The zero-order valence-electron chi connectivity index (χ0n) is 83.5. The highest BCUT2D eigenvalue weighted by Crippen LogP contribution is 2.41. The van der Waals surface area contributed by atoms with Crippen molar-refractivity contribution in [2.75, 3.05) is 230 Å². The van der Waals surface area contributed by atoms with Gasteiger partial charge in [0.2, 0.25) is 35.4 Å². The number of unbranched alkanes of at least 4 members (excludes halogenated alkanes) is 6. The van der Waals surface area contributed by atoms with Crippen LogP contribution in [0.3, 0.4) is 0 Å². The van der Waals surface area contributed by atoms with Gasteiger partial charge in [-0.25, -0.2) is 19.0 Å². The summed E-state index contributed by atoms with van der Waals surface area (Å²) < 4.78 is 145. The third-order valence-electron chi connectivity index (χ3n) is 24.2. The van der Waals surface area contributed by atoms with E-state index in [1.54, 1.807) is 60.4 Å². The van der Waals surface area contributed by atoms with Crippen molar-refractivity contribution >= 4 is 57.0 Å². The second kappa shape index (κ2) is 66.0. The van der Waals surface area contributed by atoms with Crippen molar-refractivity contribution in [3.63, 3.8) is 0 Å². The molecule has 0 radical (unpaired) electrons. The van der Waals surface area contributed by atoms with Gasteiger partial charge in [-0.2, -0.15) is 0 Å². The summed E-state index contributed by atoms with van der Waals surface area (Å²) in [5, 5.41) is 108. The Bertz CT molecular complexity index is 4210. The minimum absolute atomic E-state index is 0.0223. The Labute approximate surface area is 855 Å². The number of rotatable bonds is 81. The average molecular weight is 2120 g/mol. The molecule has 7 saturated heterocycles. The second-order valence-corrected chi connectivity index (χ2v) is 38.7. The topological polar surface area (TPSA) is 623 Å². The lowest BCUT2D eigenvalue weighted by Gasteiger charge is -2.42. The maximum atomic E-state index is 14.4. The molecule has 4 aromatic rings. The average Bonchev–Trinajstić information content (AvgIpc) is 1.61. The van der Waals surface area contributed by atoms with Gasteiger partial charge in [0.05, 0.1) is 276 Å². The lowest BCUT2D eigenvalue weighted by atomic mass is 9.85. The number of hydrogen-bond donors (Lipinski definition) is 12. The van der Waals surface area contributed by atoms with Crippen LogP contribution in [0.15, 0.2) is 48.0 Å². The number of hydrogen-bond acceptors (Lipinski definition) is 45. The van der Waals surface area contributed by atoms with Crippen LogP contribution in [0.25, 0.3) is 0 Å². The Morgan fingerprint density at radius 3 is 1.23 bits per heavy atom. The predicted molar refractivity (Wildman–Crippen MR) is 508 cm³/mol. The second-order valence-electron chi connectivity index (χ2n) is 36.2. The summed E-state index contributed by atoms with van der Waals surface area (Å²) in [7, 11) is 3.42. The van der Waals surface area contributed by atoms with Crippen LogP contribution in [-0.4, -0.2) is 455 Å². The number of nitrogens with zero attached hydrogens (tertiary/aromatic N) is 10. The van der Waals surface area contributed by atoms with Crippen LogP contribution >= 0.6 is 21.6 Å². The van der Waals surface area contributed by atoms with E-state index in [0.717, 1.165) is 36.5 Å². The van der Waals surface area contributed by atoms with Crippen LogP contribution in [0, 0.1) is 0 Å². The van der Waals surface area contributed by atoms with Crippen molar-refractivity contribution in [2.45, 2.75) is 257 Å². The van der Waals surface area contributed by atoms with Gasteiger partial charge in [-0.15, -0.1) is 15.3 Å². The molecule has 0 saturated carbocycles. The number of amides is 6. The Hall–Kier alpha value is -7.11. The SMILES string of the molecule is CC(=O)N[C@H]1[C@@H]2OC[C@](COCCOCCOCCOCCn3cc(COCC(COCc4cn(CCOCCOCCOCCOCC[C@@]56CO[C@@H](O5)[C@H](NC(C)=O)[C@@H](O)[C@H]6O)nn4)(COCc4cn(CCOCCOCCOCCOC[C@@]56CO[C@@H](O5)[C@H](NC(C)=O)[C@@H](O)[C@H]6O)nn4)NC(=O)CCCCCNC(=O)CCCCCOC4OCC(NC(=O)CCCCCSSc5ccccn5)CO4)nn3)(O2)[C@H](O)[C@@H]1O. The minimum atomic E-state index is -1.35. The smallest absolute Gasteiger partial charge is 0.271 e. The third kappa shape index (κ3) is 41.5. The molecule has 52 nitrogen and oxygen atoms in total. The van der Waals surface area contributed by atoms with E-state index in [1.165, 1.54) is 20.8 Å². The summed E-state index contributed by atoms with van der Waals surface area (Å²) in [4.78, 5) is 79.2. The number of carbonyl (C=O) groups excluding carboxylic acids is 6. The zero-order chi connectivity index (χ0) is 103. The van der Waals surface area contributed by atoms with E-state index in [0.29, 0.717) is 141 Å². The summed E-state index contributed by atoms with van der Waals surface area (Å²) in [6.07, 6.45) is 4.07. The molecule has 11 rings (SSSR count). The molecule has 16 atom stereocenters. The van der Waals surface area contributed by atoms with Crippen molar-refractivity contribution in [3.8, 4) is 0 Å². The van der Waals surface area contributed by atoms with Crippen LogP contribution in [-0.2, 0) is 182 Å². The van der Waals surface area contributed by atoms with Crippen molar-refractivity contribution < 1.29 is 173 Å². The maximum Gasteiger partial charge on any atom is 0.271 e. The van der Waals surface area contributed by atoms with Gasteiger partial charge in [0.1, 0.15) is 99.2 Å². The number of ether oxygens (including phenoxy) is 24. The van der Waals surface area contributed by atoms with Gasteiger partial charge >= 0.3 is 0 Å². The monoisotopic (exact) mass is 2120 g/mol. The van der Waals surface area contributed by atoms with Crippen molar-refractivity contribution in [3.05, 3.63) is 60.1 Å². The summed E-state index contributed by atoms with van der Waals surface area (Å²) in [6.45, 7) is 10.8. The molecule has 11 heterocycles. The molecule has 7 aliphatic rings. The van der Waals surface area contributed by atoms with E-state index in [4.69, 9.17) is 114 Å². The van der Waals surface area contributed by atoms with Gasteiger partial charge in [-0.3, -0.25) is 28.8 Å². The van der Waals surface area contributed by atoms with E-state index in [9.17, 15) is 59.4 Å². The van der Waals surface area contributed by atoms with Gasteiger partial charge in [0.25, 0.3) is 6.48 Å². The largest absolute Gasteiger partial charge is 0.388 e. The Kier molecular flexibility index (Phi) is 53.8. The number of aliphatic hydroxyl groups excluding tert-OH is 6. The normalized spacial score (nSPS) is 25.6. The molecule has 0 spiro atoms. The number of fused-ring (bicyclic) bond motifs is 6. The minimum Gasteiger partial charge on any atom is -0.388 e. The first-order valence-corrected chi connectivity index (χ1v) is 52.4. The Morgan fingerprint density at radius 2 is 0.801 bits per heavy atom. The number of aromatic nitrogens is 10. The summed E-state index contributed by atoms with van der Waals surface area (Å²) in [6, 6.07) is 2.87. The van der Waals surface area contributed by atoms with E-state index in [2.05, 4.69) is 67.8 Å². The van der Waals surface area contributed by atoms with Crippen molar-refractivity contribution in [1.29, 1.82) is 0 Å². The van der Waals surface area contributed by atoms with Gasteiger partial charge in [-0.1, -0.05) is 51.8 Å². The first kappa shape index (κ1) is 119. The summed E-state index contributed by atoms with van der Waals surface area (Å²) in [5.74, 6) is -0.619. The molecule has 12 N–H and O–H groups in total. The van der Waals surface area contributed by atoms with E-state index >= 15 is 0 Å². The van der Waals surface area contributed by atoms with Crippen LogP contribution in [0.4, 0.5) is 0 Å². The molecule has 7 aliphatic heterocycles. The van der Waals surface area contributed by atoms with E-state index < -0.39 is 114 Å². The number of nitrogens with one attached hydrogen (secondary N) is 6. The Balaban J connectivity index is 0.599. The maximum absolute atomic E-state index is 14.4. The molecular formula is C92H150N16O36S2. The van der Waals surface area contributed by atoms with Crippen LogP contribution in [0.5, 0.6) is 0 Å². The Morgan fingerprint density at radius 1 is 0.418 bits per heavy atom. The fourth-order valence-electron chi connectivity index (χ4n) is 16.5. The third-order valence-corrected chi connectivity index (χ3v) is 26.6. The molecule has 146 heavy (non-hydrogen) atoms. The molecule has 7 fully saturated rings. The van der Waals surface area contributed by atoms with Crippen LogP contribution < -0.4 is 31.9 Å². The van der Waals surface area contributed by atoms with Crippen LogP contribution in [0.2, 0.25) is 0 Å². The molecule has 4 aromatic heterocycles. The van der Waals surface area contributed by atoms with E-state index in [1.807, 2.05) is 18.2 Å². The van der Waals surface area contributed by atoms with E-state index in [-0.39, 0.29) is 228 Å². The lowest BCUT2D eigenvalue weighted by molar-refractivity contribution is -0.315. The number of aliphatic hydroxyl groups is 6. The van der Waals surface area contributed by atoms with Gasteiger partial charge in [-0.05, 0) is 61.5 Å². The van der Waals surface area contributed by atoms with Gasteiger partial charge in [0, 0.05) is 71.6 Å². The zero-order valence-corrected chi connectivity index (χ0v) is 85.2.